The van der Waals surface area contributed by atoms with Crippen LogP contribution in [0.1, 0.15) is 78.6 Å². The minimum atomic E-state index is -0.794. The summed E-state index contributed by atoms with van der Waals surface area (Å²) >= 11 is 0. The number of Topliss-reactive ketones (excluding diaryl/α,β-unsaturated/α-hetero) is 1. The van der Waals surface area contributed by atoms with E-state index in [0.29, 0.717) is 24.7 Å². The maximum absolute atomic E-state index is 12.4. The Balaban J connectivity index is 2.44. The highest BCUT2D eigenvalue weighted by Gasteiger charge is 2.37. The molecule has 2 N–H and O–H groups in total. The predicted octanol–water partition coefficient (Wildman–Crippen LogP) is 5.19. The molecule has 1 aliphatic rings. The maximum atomic E-state index is 12.4. The van der Waals surface area contributed by atoms with E-state index >= 15 is 0 Å². The number of carbonyl (C=O) groups excluding carboxylic acids is 2. The molecule has 0 saturated heterocycles. The summed E-state index contributed by atoms with van der Waals surface area (Å²) in [6, 6.07) is 0. The average Bonchev–Trinajstić information content (AvgIpc) is 2.94. The molecule has 1 amide bonds. The molecule has 1 aliphatic carbocycles. The molecule has 1 fully saturated rings. The number of ketones is 1. The number of rotatable bonds is 13. The van der Waals surface area contributed by atoms with Crippen molar-refractivity contribution in [2.75, 3.05) is 13.7 Å². The SMILES string of the molecule is CCCCC[C@](C)(O)/C=C/[C@H]1[C@H](C)CC(=O)[C@@H]1C/C=C\CCCCOC(=O)NC. The molecule has 0 unspecified atom stereocenters. The van der Waals surface area contributed by atoms with Gasteiger partial charge in [-0.25, -0.2) is 4.79 Å². The number of hydrogen-bond donors (Lipinski definition) is 2. The molecule has 0 aromatic carbocycles. The first-order chi connectivity index (χ1) is 13.8. The number of carbonyl (C=O) groups is 2. The van der Waals surface area contributed by atoms with E-state index in [9.17, 15) is 14.7 Å². The number of hydrogen-bond acceptors (Lipinski definition) is 4. The Morgan fingerprint density at radius 2 is 2.03 bits per heavy atom. The zero-order valence-electron chi connectivity index (χ0n) is 18.8. The second-order valence-electron chi connectivity index (χ2n) is 8.59. The zero-order chi connectivity index (χ0) is 21.7. The molecule has 0 heterocycles. The first kappa shape index (κ1) is 25.4. The van der Waals surface area contributed by atoms with Crippen LogP contribution in [0.4, 0.5) is 4.79 Å². The van der Waals surface area contributed by atoms with Crippen molar-refractivity contribution in [2.45, 2.75) is 84.2 Å². The van der Waals surface area contributed by atoms with Gasteiger partial charge in [-0.15, -0.1) is 0 Å². The molecule has 166 valence electrons. The lowest BCUT2D eigenvalue weighted by Gasteiger charge is -2.22. The monoisotopic (exact) mass is 407 g/mol. The van der Waals surface area contributed by atoms with Crippen LogP contribution >= 0.6 is 0 Å². The van der Waals surface area contributed by atoms with Gasteiger partial charge in [0.05, 0.1) is 12.2 Å². The molecule has 0 radical (unpaired) electrons. The third-order valence-electron chi connectivity index (χ3n) is 5.78. The Labute approximate surface area is 177 Å². The van der Waals surface area contributed by atoms with Crippen LogP contribution in [0.3, 0.4) is 0 Å². The smallest absolute Gasteiger partial charge is 0.406 e. The topological polar surface area (TPSA) is 75.6 Å². The van der Waals surface area contributed by atoms with Crippen LogP contribution in [0, 0.1) is 17.8 Å². The molecule has 5 nitrogen and oxygen atoms in total. The fourth-order valence-corrected chi connectivity index (χ4v) is 3.93. The highest BCUT2D eigenvalue weighted by molar-refractivity contribution is 5.84. The van der Waals surface area contributed by atoms with E-state index in [1.807, 2.05) is 13.0 Å². The largest absolute Gasteiger partial charge is 0.450 e. The third kappa shape index (κ3) is 10.1. The van der Waals surface area contributed by atoms with Crippen LogP contribution in [0.15, 0.2) is 24.3 Å². The summed E-state index contributed by atoms with van der Waals surface area (Å²) in [6.07, 6.45) is 16.0. The van der Waals surface area contributed by atoms with Gasteiger partial charge in [-0.3, -0.25) is 4.79 Å². The van der Waals surface area contributed by atoms with Gasteiger partial charge in [0.2, 0.25) is 0 Å². The van der Waals surface area contributed by atoms with Crippen molar-refractivity contribution in [1.29, 1.82) is 0 Å². The Bertz CT molecular complexity index is 553. The number of unbranched alkanes of at least 4 members (excludes halogenated alkanes) is 4. The molecule has 0 aliphatic heterocycles. The molecular weight excluding hydrogens is 366 g/mol. The summed E-state index contributed by atoms with van der Waals surface area (Å²) < 4.78 is 4.96. The minimum Gasteiger partial charge on any atom is -0.450 e. The van der Waals surface area contributed by atoms with Crippen molar-refractivity contribution in [3.63, 3.8) is 0 Å². The van der Waals surface area contributed by atoms with Crippen molar-refractivity contribution in [2.24, 2.45) is 17.8 Å². The van der Waals surface area contributed by atoms with Crippen LogP contribution in [0.25, 0.3) is 0 Å². The van der Waals surface area contributed by atoms with Crippen LogP contribution in [0.5, 0.6) is 0 Å². The fraction of sp³-hybridized carbons (Fsp3) is 0.750. The molecular formula is C24H41NO4. The first-order valence-electron chi connectivity index (χ1n) is 11.2. The number of amides is 1. The van der Waals surface area contributed by atoms with Gasteiger partial charge in [-0.2, -0.15) is 0 Å². The second kappa shape index (κ2) is 13.6. The molecule has 1 saturated carbocycles. The molecule has 29 heavy (non-hydrogen) atoms. The lowest BCUT2D eigenvalue weighted by molar-refractivity contribution is -0.121. The van der Waals surface area contributed by atoms with E-state index in [-0.39, 0.29) is 11.8 Å². The second-order valence-corrected chi connectivity index (χ2v) is 8.59. The number of aliphatic hydroxyl groups is 1. The molecule has 1 rings (SSSR count). The molecule has 5 heteroatoms. The highest BCUT2D eigenvalue weighted by atomic mass is 16.5. The lowest BCUT2D eigenvalue weighted by atomic mass is 9.85. The minimum absolute atomic E-state index is 0.0144. The number of allylic oxidation sites excluding steroid dienone is 3. The number of alkyl carbamates (subject to hydrolysis) is 1. The first-order valence-corrected chi connectivity index (χ1v) is 11.2. The van der Waals surface area contributed by atoms with Gasteiger partial charge in [0.25, 0.3) is 0 Å². The van der Waals surface area contributed by atoms with Gasteiger partial charge in [-0.1, -0.05) is 57.4 Å². The maximum Gasteiger partial charge on any atom is 0.406 e. The number of nitrogens with one attached hydrogen (secondary N) is 1. The highest BCUT2D eigenvalue weighted by Crippen LogP contribution is 2.38. The van der Waals surface area contributed by atoms with Gasteiger partial charge < -0.3 is 15.2 Å². The van der Waals surface area contributed by atoms with Crippen molar-refractivity contribution < 1.29 is 19.4 Å². The standard InChI is InChI=1S/C24H41NO4/c1-5-6-11-15-24(3,28)16-14-20-19(2)18-22(26)21(20)13-10-8-7-9-12-17-29-23(27)25-4/h8,10,14,16,19-21,28H,5-7,9,11-13,15,17-18H2,1-4H3,(H,25,27)/b10-8-,16-14+/t19-,20+,21-,24+/m1/s1. The lowest BCUT2D eigenvalue weighted by Crippen LogP contribution is -2.22. The Morgan fingerprint density at radius 1 is 1.28 bits per heavy atom. The normalized spacial score (nSPS) is 24.3. The van der Waals surface area contributed by atoms with E-state index in [1.54, 1.807) is 7.05 Å². The molecule has 0 aromatic rings. The molecule has 4 atom stereocenters. The number of ether oxygens (including phenoxy) is 1. The van der Waals surface area contributed by atoms with Crippen molar-refractivity contribution in [1.82, 2.24) is 5.32 Å². The summed E-state index contributed by atoms with van der Waals surface area (Å²) in [7, 11) is 1.55. The van der Waals surface area contributed by atoms with E-state index < -0.39 is 11.7 Å². The predicted molar refractivity (Wildman–Crippen MR) is 118 cm³/mol. The van der Waals surface area contributed by atoms with Crippen molar-refractivity contribution in [3.05, 3.63) is 24.3 Å². The van der Waals surface area contributed by atoms with Crippen LogP contribution < -0.4 is 5.32 Å². The molecule has 0 bridgehead atoms. The summed E-state index contributed by atoms with van der Waals surface area (Å²) in [5, 5.41) is 13.0. The molecule has 0 aromatic heterocycles. The van der Waals surface area contributed by atoms with Crippen molar-refractivity contribution in [3.8, 4) is 0 Å². The Kier molecular flexibility index (Phi) is 11.9. The summed E-state index contributed by atoms with van der Waals surface area (Å²) in [5.41, 5.74) is -0.794. The van der Waals surface area contributed by atoms with Crippen LogP contribution in [-0.4, -0.2) is 36.2 Å². The van der Waals surface area contributed by atoms with Crippen LogP contribution in [0.2, 0.25) is 0 Å². The Morgan fingerprint density at radius 3 is 2.72 bits per heavy atom. The summed E-state index contributed by atoms with van der Waals surface area (Å²) in [5.74, 6) is 0.873. The summed E-state index contributed by atoms with van der Waals surface area (Å²) in [4.78, 5) is 23.4. The average molecular weight is 408 g/mol. The van der Waals surface area contributed by atoms with Gasteiger partial charge >= 0.3 is 6.09 Å². The van der Waals surface area contributed by atoms with Crippen LogP contribution in [-0.2, 0) is 9.53 Å². The van der Waals surface area contributed by atoms with Gasteiger partial charge in [0.1, 0.15) is 5.78 Å². The van der Waals surface area contributed by atoms with Gasteiger partial charge in [-0.05, 0) is 50.9 Å². The zero-order valence-corrected chi connectivity index (χ0v) is 18.8. The summed E-state index contributed by atoms with van der Waals surface area (Å²) in [6.45, 7) is 6.59. The van der Waals surface area contributed by atoms with E-state index in [2.05, 4.69) is 37.4 Å². The van der Waals surface area contributed by atoms with Gasteiger partial charge in [0, 0.05) is 19.4 Å². The Hall–Kier alpha value is -1.62. The molecule has 0 spiro atoms. The van der Waals surface area contributed by atoms with E-state index in [4.69, 9.17) is 4.74 Å². The van der Waals surface area contributed by atoms with E-state index in [1.165, 1.54) is 0 Å². The fourth-order valence-electron chi connectivity index (χ4n) is 3.93. The van der Waals surface area contributed by atoms with Gasteiger partial charge in [0.15, 0.2) is 0 Å². The van der Waals surface area contributed by atoms with E-state index in [0.717, 1.165) is 51.4 Å². The van der Waals surface area contributed by atoms with Crippen molar-refractivity contribution >= 4 is 11.9 Å². The quantitative estimate of drug-likeness (QED) is 0.325. The third-order valence-corrected chi connectivity index (χ3v) is 5.78.